The molecule has 0 aliphatic carbocycles. The fourth-order valence-corrected chi connectivity index (χ4v) is 6.97. The summed E-state index contributed by atoms with van der Waals surface area (Å²) in [6, 6.07) is 7.90. The van der Waals surface area contributed by atoms with Crippen molar-refractivity contribution in [2.45, 2.75) is 49.0 Å². The molecular formula is C24H24Cl2N2O2S. The van der Waals surface area contributed by atoms with Gasteiger partial charge in [0.05, 0.1) is 21.7 Å². The molecule has 0 fully saturated rings. The molecule has 5 rings (SSSR count). The number of rotatable bonds is 2. The maximum Gasteiger partial charge on any atom is 0.330 e. The summed E-state index contributed by atoms with van der Waals surface area (Å²) in [4.78, 5) is 20.6. The second-order valence-electron chi connectivity index (χ2n) is 9.42. The van der Waals surface area contributed by atoms with Crippen LogP contribution >= 0.6 is 35.0 Å². The first kappa shape index (κ1) is 21.2. The number of thioether (sulfide) groups is 1. The van der Waals surface area contributed by atoms with E-state index in [-0.39, 0.29) is 11.3 Å². The van der Waals surface area contributed by atoms with Gasteiger partial charge in [-0.15, -0.1) is 11.8 Å². The van der Waals surface area contributed by atoms with Gasteiger partial charge in [0.1, 0.15) is 0 Å². The molecule has 0 saturated heterocycles. The van der Waals surface area contributed by atoms with Gasteiger partial charge in [0.2, 0.25) is 0 Å². The minimum atomic E-state index is -0.976. The number of nitrogens with zero attached hydrogens (tertiary/aromatic N) is 2. The molecule has 4 nitrogen and oxygen atoms in total. The molecule has 1 N–H and O–H groups in total. The van der Waals surface area contributed by atoms with Gasteiger partial charge in [-0.25, -0.2) is 4.79 Å². The van der Waals surface area contributed by atoms with Crippen molar-refractivity contribution in [2.75, 3.05) is 23.7 Å². The number of carbonyl (C=O) groups is 1. The summed E-state index contributed by atoms with van der Waals surface area (Å²) < 4.78 is 0. The third kappa shape index (κ3) is 2.89. The molecule has 3 aliphatic rings. The number of carboxylic acids is 1. The Labute approximate surface area is 196 Å². The molecule has 0 amide bonds. The number of carboxylic acid groups (broad SMARTS) is 1. The molecule has 3 aliphatic heterocycles. The van der Waals surface area contributed by atoms with E-state index in [0.717, 1.165) is 45.1 Å². The minimum Gasteiger partial charge on any atom is -0.479 e. The SMILES string of the molecule is CC(C)(C)c1c(-c2cccc(Cl)c2Cl)cc2c3c1[C@H]1C=NCC[C@]1(C(=O)O)N3CCS2. The van der Waals surface area contributed by atoms with E-state index in [1.807, 2.05) is 18.3 Å². The lowest BCUT2D eigenvalue weighted by molar-refractivity contribution is -0.143. The van der Waals surface area contributed by atoms with Gasteiger partial charge in [0, 0.05) is 41.9 Å². The summed E-state index contributed by atoms with van der Waals surface area (Å²) in [5, 5.41) is 11.5. The highest BCUT2D eigenvalue weighted by atomic mass is 35.5. The van der Waals surface area contributed by atoms with Crippen molar-refractivity contribution in [1.29, 1.82) is 0 Å². The molecule has 162 valence electrons. The van der Waals surface area contributed by atoms with E-state index in [1.54, 1.807) is 17.8 Å². The molecule has 0 saturated carbocycles. The van der Waals surface area contributed by atoms with E-state index in [4.69, 9.17) is 23.2 Å². The number of benzene rings is 2. The highest BCUT2D eigenvalue weighted by Crippen LogP contribution is 2.60. The van der Waals surface area contributed by atoms with Gasteiger partial charge in [0.15, 0.2) is 5.54 Å². The van der Waals surface area contributed by atoms with Gasteiger partial charge in [-0.2, -0.15) is 0 Å². The lowest BCUT2D eigenvalue weighted by Crippen LogP contribution is -2.58. The Hall–Kier alpha value is -1.69. The number of halogens is 2. The predicted molar refractivity (Wildman–Crippen MR) is 130 cm³/mol. The molecule has 0 radical (unpaired) electrons. The molecule has 2 aromatic rings. The average Bonchev–Trinajstić information content (AvgIpc) is 3.02. The van der Waals surface area contributed by atoms with E-state index < -0.39 is 11.5 Å². The molecule has 0 spiro atoms. The highest BCUT2D eigenvalue weighted by Gasteiger charge is 2.60. The molecule has 2 atom stereocenters. The zero-order valence-corrected chi connectivity index (χ0v) is 20.0. The first-order valence-electron chi connectivity index (χ1n) is 10.5. The van der Waals surface area contributed by atoms with Crippen LogP contribution in [-0.2, 0) is 10.2 Å². The van der Waals surface area contributed by atoms with Crippen LogP contribution in [0, 0.1) is 0 Å². The third-order valence-electron chi connectivity index (χ3n) is 6.69. The molecule has 31 heavy (non-hydrogen) atoms. The van der Waals surface area contributed by atoms with Crippen LogP contribution in [0.3, 0.4) is 0 Å². The predicted octanol–water partition coefficient (Wildman–Crippen LogP) is 6.27. The van der Waals surface area contributed by atoms with Crippen LogP contribution < -0.4 is 4.90 Å². The van der Waals surface area contributed by atoms with Crippen LogP contribution in [0.2, 0.25) is 10.0 Å². The number of fused-ring (bicyclic) bond motifs is 3. The number of aliphatic carboxylic acids is 1. The smallest absolute Gasteiger partial charge is 0.330 e. The van der Waals surface area contributed by atoms with Crippen molar-refractivity contribution < 1.29 is 9.90 Å². The Kier molecular flexibility index (Phi) is 4.89. The van der Waals surface area contributed by atoms with Gasteiger partial charge in [-0.3, -0.25) is 4.99 Å². The fraction of sp³-hybridized carbons (Fsp3) is 0.417. The van der Waals surface area contributed by atoms with Crippen LogP contribution in [-0.4, -0.2) is 41.7 Å². The Morgan fingerprint density at radius 3 is 2.77 bits per heavy atom. The van der Waals surface area contributed by atoms with Crippen LogP contribution in [0.1, 0.15) is 44.2 Å². The maximum absolute atomic E-state index is 12.8. The molecular weight excluding hydrogens is 451 g/mol. The summed E-state index contributed by atoms with van der Waals surface area (Å²) in [6.07, 6.45) is 2.40. The van der Waals surface area contributed by atoms with Gasteiger partial charge in [0.25, 0.3) is 0 Å². The molecule has 0 aromatic heterocycles. The lowest BCUT2D eigenvalue weighted by Gasteiger charge is -2.42. The number of hydrogen-bond donors (Lipinski definition) is 1. The summed E-state index contributed by atoms with van der Waals surface area (Å²) in [6.45, 7) is 7.78. The largest absolute Gasteiger partial charge is 0.479 e. The fourth-order valence-electron chi connectivity index (χ4n) is 5.51. The second kappa shape index (κ2) is 7.16. The first-order chi connectivity index (χ1) is 14.7. The summed E-state index contributed by atoms with van der Waals surface area (Å²) in [5.41, 5.74) is 4.00. The molecule has 2 aromatic carbocycles. The minimum absolute atomic E-state index is 0.237. The van der Waals surface area contributed by atoms with Crippen LogP contribution in [0.4, 0.5) is 5.69 Å². The zero-order valence-electron chi connectivity index (χ0n) is 17.7. The van der Waals surface area contributed by atoms with Gasteiger partial charge < -0.3 is 10.0 Å². The maximum atomic E-state index is 12.8. The standard InChI is InChI=1S/C24H24Cl2N2O2S/c1-23(2,3)19-14(13-5-4-6-16(25)20(13)26)11-17-21-18(19)15-12-27-8-7-24(15,22(29)30)28(21)9-10-31-17/h4-6,11-12,15H,7-10H2,1-3H3,(H,29,30)/t15-,24+/m1/s1. The van der Waals surface area contributed by atoms with Crippen molar-refractivity contribution in [2.24, 2.45) is 4.99 Å². The average molecular weight is 475 g/mol. The topological polar surface area (TPSA) is 52.9 Å². The normalized spacial score (nSPS) is 24.2. The van der Waals surface area contributed by atoms with Crippen molar-refractivity contribution in [3.05, 3.63) is 45.4 Å². The quantitative estimate of drug-likeness (QED) is 0.557. The third-order valence-corrected chi connectivity index (χ3v) is 8.52. The Morgan fingerprint density at radius 1 is 1.29 bits per heavy atom. The Bertz CT molecular complexity index is 1140. The first-order valence-corrected chi connectivity index (χ1v) is 12.2. The van der Waals surface area contributed by atoms with Crippen LogP contribution in [0.15, 0.2) is 34.2 Å². The Morgan fingerprint density at radius 2 is 2.06 bits per heavy atom. The van der Waals surface area contributed by atoms with Gasteiger partial charge in [-0.1, -0.05) is 56.1 Å². The summed E-state index contributed by atoms with van der Waals surface area (Å²) in [7, 11) is 0. The number of anilines is 1. The van der Waals surface area contributed by atoms with Crippen LogP contribution in [0.25, 0.3) is 11.1 Å². The Balaban J connectivity index is 1.91. The zero-order chi connectivity index (χ0) is 22.1. The van der Waals surface area contributed by atoms with Crippen LogP contribution in [0.5, 0.6) is 0 Å². The van der Waals surface area contributed by atoms with E-state index in [0.29, 0.717) is 23.0 Å². The molecule has 3 heterocycles. The van der Waals surface area contributed by atoms with Crippen molar-refractivity contribution in [1.82, 2.24) is 0 Å². The lowest BCUT2D eigenvalue weighted by atomic mass is 9.71. The van der Waals surface area contributed by atoms with Gasteiger partial charge in [-0.05, 0) is 34.2 Å². The van der Waals surface area contributed by atoms with E-state index >= 15 is 0 Å². The second-order valence-corrected chi connectivity index (χ2v) is 11.3. The van der Waals surface area contributed by atoms with Crippen molar-refractivity contribution >= 4 is 52.8 Å². The van der Waals surface area contributed by atoms with E-state index in [1.165, 1.54) is 0 Å². The van der Waals surface area contributed by atoms with Crippen molar-refractivity contribution in [3.8, 4) is 11.1 Å². The monoisotopic (exact) mass is 474 g/mol. The summed E-state index contributed by atoms with van der Waals surface area (Å²) >= 11 is 14.9. The molecule has 0 unspecified atom stereocenters. The highest BCUT2D eigenvalue weighted by molar-refractivity contribution is 7.99. The van der Waals surface area contributed by atoms with Gasteiger partial charge >= 0.3 is 5.97 Å². The van der Waals surface area contributed by atoms with Crippen molar-refractivity contribution in [3.63, 3.8) is 0 Å². The molecule has 0 bridgehead atoms. The van der Waals surface area contributed by atoms with E-state index in [2.05, 4.69) is 36.7 Å². The summed E-state index contributed by atoms with van der Waals surface area (Å²) in [5.74, 6) is -0.207. The number of hydrogen-bond acceptors (Lipinski definition) is 4. The molecule has 7 heteroatoms. The number of aliphatic imine (C=N–C) groups is 1. The van der Waals surface area contributed by atoms with E-state index in [9.17, 15) is 9.90 Å².